The molecular formula is C25H33N3O2. The molecule has 1 heterocycles. The second-order valence-corrected chi connectivity index (χ2v) is 8.47. The number of rotatable bonds is 9. The van der Waals surface area contributed by atoms with Crippen LogP contribution in [0.5, 0.6) is 11.6 Å². The normalized spacial score (nSPS) is 12.5. The van der Waals surface area contributed by atoms with Crippen molar-refractivity contribution in [2.24, 2.45) is 13.0 Å². The molecule has 0 amide bonds. The second-order valence-electron chi connectivity index (χ2n) is 8.47. The number of aliphatic hydroxyl groups excluding tert-OH is 1. The Morgan fingerprint density at radius 1 is 1.00 bits per heavy atom. The van der Waals surface area contributed by atoms with Crippen LogP contribution < -0.4 is 4.74 Å². The lowest BCUT2D eigenvalue weighted by Gasteiger charge is -2.26. The topological polar surface area (TPSA) is 50.5 Å². The van der Waals surface area contributed by atoms with E-state index in [1.54, 1.807) is 0 Å². The summed E-state index contributed by atoms with van der Waals surface area (Å²) in [4.78, 5) is 2.28. The van der Waals surface area contributed by atoms with Gasteiger partial charge >= 0.3 is 0 Å². The molecule has 0 saturated heterocycles. The maximum atomic E-state index is 10.0. The Bertz CT molecular complexity index is 921. The van der Waals surface area contributed by atoms with Crippen molar-refractivity contribution in [3.8, 4) is 22.9 Å². The largest absolute Gasteiger partial charge is 0.439 e. The summed E-state index contributed by atoms with van der Waals surface area (Å²) in [5, 5.41) is 14.9. The van der Waals surface area contributed by atoms with Crippen LogP contribution in [0.4, 0.5) is 0 Å². The Hall–Kier alpha value is -2.63. The minimum atomic E-state index is -0.401. The predicted octanol–water partition coefficient (Wildman–Crippen LogP) is 5.03. The molecule has 0 fully saturated rings. The number of aliphatic hydroxyl groups is 1. The molecule has 0 saturated carbocycles. The van der Waals surface area contributed by atoms with Gasteiger partial charge in [-0.2, -0.15) is 5.10 Å². The Morgan fingerprint density at radius 2 is 1.67 bits per heavy atom. The lowest BCUT2D eigenvalue weighted by atomic mass is 10.1. The first-order valence-electron chi connectivity index (χ1n) is 10.6. The molecule has 0 aliphatic carbocycles. The van der Waals surface area contributed by atoms with Crippen LogP contribution in [0.3, 0.4) is 0 Å². The van der Waals surface area contributed by atoms with Crippen molar-refractivity contribution in [3.63, 3.8) is 0 Å². The third-order valence-electron chi connectivity index (χ3n) is 4.90. The summed E-state index contributed by atoms with van der Waals surface area (Å²) in [6.07, 6.45) is -0.401. The fourth-order valence-corrected chi connectivity index (χ4v) is 3.69. The molecule has 1 atom stereocenters. The molecule has 5 heteroatoms. The maximum absolute atomic E-state index is 10.0. The first-order chi connectivity index (χ1) is 14.3. The van der Waals surface area contributed by atoms with Crippen molar-refractivity contribution in [3.05, 3.63) is 65.7 Å². The van der Waals surface area contributed by atoms with Crippen LogP contribution in [0.25, 0.3) is 11.3 Å². The molecule has 0 aliphatic heterocycles. The van der Waals surface area contributed by atoms with E-state index in [9.17, 15) is 5.11 Å². The SMILES string of the molecule is Cc1ccc(Oc2c(CN(CC(C)C)CC(C)O)c(-c3ccccc3)nn2C)cc1. The molecule has 30 heavy (non-hydrogen) atoms. The van der Waals surface area contributed by atoms with Gasteiger partial charge in [0.25, 0.3) is 0 Å². The van der Waals surface area contributed by atoms with Gasteiger partial charge in [0, 0.05) is 32.2 Å². The fraction of sp³-hybridized carbons (Fsp3) is 0.400. The predicted molar refractivity (Wildman–Crippen MR) is 122 cm³/mol. The number of hydrogen-bond acceptors (Lipinski definition) is 4. The molecule has 0 radical (unpaired) electrons. The van der Waals surface area contributed by atoms with Gasteiger partial charge in [-0.15, -0.1) is 0 Å². The molecule has 1 unspecified atom stereocenters. The van der Waals surface area contributed by atoms with Crippen LogP contribution in [-0.2, 0) is 13.6 Å². The summed E-state index contributed by atoms with van der Waals surface area (Å²) in [5.41, 5.74) is 4.20. The molecule has 2 aromatic carbocycles. The summed E-state index contributed by atoms with van der Waals surface area (Å²) in [5.74, 6) is 2.01. The zero-order valence-corrected chi connectivity index (χ0v) is 18.7. The van der Waals surface area contributed by atoms with Crippen LogP contribution in [0.2, 0.25) is 0 Å². The van der Waals surface area contributed by atoms with Gasteiger partial charge in [-0.1, -0.05) is 61.9 Å². The fourth-order valence-electron chi connectivity index (χ4n) is 3.69. The highest BCUT2D eigenvalue weighted by Crippen LogP contribution is 2.34. The van der Waals surface area contributed by atoms with E-state index in [1.165, 1.54) is 5.56 Å². The number of aryl methyl sites for hydroxylation is 2. The van der Waals surface area contributed by atoms with Gasteiger partial charge in [-0.25, -0.2) is 4.68 Å². The van der Waals surface area contributed by atoms with Crippen LogP contribution >= 0.6 is 0 Å². The van der Waals surface area contributed by atoms with Gasteiger partial charge in [0.05, 0.1) is 11.7 Å². The van der Waals surface area contributed by atoms with E-state index in [1.807, 2.05) is 61.1 Å². The minimum absolute atomic E-state index is 0.401. The molecule has 160 valence electrons. The maximum Gasteiger partial charge on any atom is 0.222 e. The highest BCUT2D eigenvalue weighted by Gasteiger charge is 2.23. The number of hydrogen-bond donors (Lipinski definition) is 1. The summed E-state index contributed by atoms with van der Waals surface area (Å²) in [6, 6.07) is 18.3. The molecule has 0 aliphatic rings. The van der Waals surface area contributed by atoms with Crippen molar-refractivity contribution in [2.45, 2.75) is 40.3 Å². The van der Waals surface area contributed by atoms with Crippen LogP contribution in [-0.4, -0.2) is 39.0 Å². The summed E-state index contributed by atoms with van der Waals surface area (Å²) < 4.78 is 8.13. The standard InChI is InChI=1S/C25H33N3O2/c1-18(2)15-28(16-20(4)29)17-23-24(21-9-7-6-8-10-21)26-27(5)25(23)30-22-13-11-19(3)12-14-22/h6-14,18,20,29H,15-17H2,1-5H3. The summed E-state index contributed by atoms with van der Waals surface area (Å²) >= 11 is 0. The monoisotopic (exact) mass is 407 g/mol. The lowest BCUT2D eigenvalue weighted by Crippen LogP contribution is -2.33. The van der Waals surface area contributed by atoms with Crippen LogP contribution in [0, 0.1) is 12.8 Å². The molecule has 5 nitrogen and oxygen atoms in total. The Kier molecular flexibility index (Phi) is 7.29. The van der Waals surface area contributed by atoms with Gasteiger partial charge < -0.3 is 9.84 Å². The smallest absolute Gasteiger partial charge is 0.222 e. The van der Waals surface area contributed by atoms with Crippen molar-refractivity contribution in [2.75, 3.05) is 13.1 Å². The molecule has 0 spiro atoms. The van der Waals surface area contributed by atoms with Gasteiger partial charge in [0.2, 0.25) is 5.88 Å². The highest BCUT2D eigenvalue weighted by atomic mass is 16.5. The zero-order chi connectivity index (χ0) is 21.7. The third kappa shape index (κ3) is 5.71. The van der Waals surface area contributed by atoms with Crippen molar-refractivity contribution < 1.29 is 9.84 Å². The molecular weight excluding hydrogens is 374 g/mol. The van der Waals surface area contributed by atoms with E-state index in [0.717, 1.165) is 35.0 Å². The number of ether oxygens (including phenoxy) is 1. The average molecular weight is 408 g/mol. The van der Waals surface area contributed by atoms with E-state index in [2.05, 4.69) is 37.8 Å². The first-order valence-corrected chi connectivity index (χ1v) is 10.6. The van der Waals surface area contributed by atoms with E-state index in [0.29, 0.717) is 19.0 Å². The van der Waals surface area contributed by atoms with E-state index >= 15 is 0 Å². The Balaban J connectivity index is 2.02. The van der Waals surface area contributed by atoms with Crippen molar-refractivity contribution >= 4 is 0 Å². The van der Waals surface area contributed by atoms with Crippen molar-refractivity contribution in [1.82, 2.24) is 14.7 Å². The quantitative estimate of drug-likeness (QED) is 0.541. The van der Waals surface area contributed by atoms with Gasteiger partial charge in [-0.05, 0) is 31.9 Å². The minimum Gasteiger partial charge on any atom is -0.439 e. The van der Waals surface area contributed by atoms with Crippen LogP contribution in [0.15, 0.2) is 54.6 Å². The summed E-state index contributed by atoms with van der Waals surface area (Å²) in [6.45, 7) is 10.4. The summed E-state index contributed by atoms with van der Waals surface area (Å²) in [7, 11) is 1.92. The van der Waals surface area contributed by atoms with Gasteiger partial charge in [-0.3, -0.25) is 4.90 Å². The first kappa shape index (κ1) is 22.1. The van der Waals surface area contributed by atoms with Crippen molar-refractivity contribution in [1.29, 1.82) is 0 Å². The van der Waals surface area contributed by atoms with E-state index in [4.69, 9.17) is 9.84 Å². The van der Waals surface area contributed by atoms with Gasteiger partial charge in [0.1, 0.15) is 11.4 Å². The Morgan fingerprint density at radius 3 is 2.27 bits per heavy atom. The van der Waals surface area contributed by atoms with E-state index < -0.39 is 6.10 Å². The number of aromatic nitrogens is 2. The van der Waals surface area contributed by atoms with Gasteiger partial charge in [0.15, 0.2) is 0 Å². The second kappa shape index (κ2) is 9.92. The number of nitrogens with zero attached hydrogens (tertiary/aromatic N) is 3. The molecule has 0 bridgehead atoms. The molecule has 3 aromatic rings. The molecule has 1 aromatic heterocycles. The zero-order valence-electron chi connectivity index (χ0n) is 18.7. The lowest BCUT2D eigenvalue weighted by molar-refractivity contribution is 0.114. The third-order valence-corrected chi connectivity index (χ3v) is 4.90. The Labute approximate surface area is 179 Å². The molecule has 3 rings (SSSR count). The van der Waals surface area contributed by atoms with E-state index in [-0.39, 0.29) is 0 Å². The molecule has 1 N–H and O–H groups in total. The van der Waals surface area contributed by atoms with Crippen LogP contribution in [0.1, 0.15) is 31.9 Å². The number of benzene rings is 2. The highest BCUT2D eigenvalue weighted by molar-refractivity contribution is 5.65. The average Bonchev–Trinajstić information content (AvgIpc) is 2.99.